The van der Waals surface area contributed by atoms with Crippen molar-refractivity contribution in [3.8, 4) is 0 Å². The largest absolute Gasteiger partial charge is 0.466 e. The molecule has 0 fully saturated rings. The number of hydrogen-bond acceptors (Lipinski definition) is 2. The molecule has 0 rings (SSSR count). The minimum Gasteiger partial charge on any atom is -0.466 e. The van der Waals surface area contributed by atoms with E-state index < -0.39 is 0 Å². The molecule has 0 atom stereocenters. The number of hydrogen-bond donors (Lipinski definition) is 0. The van der Waals surface area contributed by atoms with E-state index in [9.17, 15) is 4.79 Å². The van der Waals surface area contributed by atoms with Crippen LogP contribution in [0.3, 0.4) is 0 Å². The molecule has 0 aromatic carbocycles. The van der Waals surface area contributed by atoms with Crippen LogP contribution >= 0.6 is 0 Å². The maximum Gasteiger partial charge on any atom is 0.302 e. The van der Waals surface area contributed by atoms with Crippen LogP contribution in [-0.4, -0.2) is 12.6 Å². The lowest BCUT2D eigenvalue weighted by Gasteiger charge is -2.01. The van der Waals surface area contributed by atoms with Crippen LogP contribution in [0.15, 0.2) is 23.3 Å². The smallest absolute Gasteiger partial charge is 0.302 e. The van der Waals surface area contributed by atoms with Gasteiger partial charge in [0.1, 0.15) is 0 Å². The number of ether oxygens (including phenoxy) is 1. The van der Waals surface area contributed by atoms with E-state index in [1.54, 1.807) is 0 Å². The van der Waals surface area contributed by atoms with Gasteiger partial charge in [0.2, 0.25) is 0 Å². The Kier molecular flexibility index (Phi) is 6.81. The van der Waals surface area contributed by atoms with Crippen molar-refractivity contribution in [1.29, 1.82) is 0 Å². The highest BCUT2D eigenvalue weighted by Crippen LogP contribution is 2.09. The molecule has 0 aromatic rings. The van der Waals surface area contributed by atoms with Gasteiger partial charge in [0, 0.05) is 6.92 Å². The third kappa shape index (κ3) is 6.46. The molecule has 0 N–H and O–H groups in total. The van der Waals surface area contributed by atoms with Gasteiger partial charge in [-0.1, -0.05) is 23.3 Å². The van der Waals surface area contributed by atoms with Crippen molar-refractivity contribution in [3.63, 3.8) is 0 Å². The molecule has 0 bridgehead atoms. The Morgan fingerprint density at radius 1 is 1.21 bits per heavy atom. The SMILES string of the molecule is C/C=C(C)/C(C)=C\CCCOC(C)=O. The van der Waals surface area contributed by atoms with E-state index in [1.165, 1.54) is 18.1 Å². The summed E-state index contributed by atoms with van der Waals surface area (Å²) in [6.07, 6.45) is 6.13. The van der Waals surface area contributed by atoms with Crippen LogP contribution in [0, 0.1) is 0 Å². The van der Waals surface area contributed by atoms with Crippen LogP contribution in [0.4, 0.5) is 0 Å². The van der Waals surface area contributed by atoms with Crippen molar-refractivity contribution in [3.05, 3.63) is 23.3 Å². The molecule has 0 aliphatic heterocycles. The molecule has 2 heteroatoms. The molecular formula is C12H20O2. The second-order valence-electron chi connectivity index (χ2n) is 3.34. The highest BCUT2D eigenvalue weighted by atomic mass is 16.5. The van der Waals surface area contributed by atoms with E-state index in [0.717, 1.165) is 12.8 Å². The first kappa shape index (κ1) is 12.9. The molecule has 0 aliphatic carbocycles. The van der Waals surface area contributed by atoms with Crippen molar-refractivity contribution in [2.45, 2.75) is 40.5 Å². The fraction of sp³-hybridized carbons (Fsp3) is 0.583. The molecule has 0 aromatic heterocycles. The number of unbranched alkanes of at least 4 members (excludes halogenated alkanes) is 1. The molecular weight excluding hydrogens is 176 g/mol. The lowest BCUT2D eigenvalue weighted by molar-refractivity contribution is -0.141. The topological polar surface area (TPSA) is 26.3 Å². The molecule has 0 spiro atoms. The molecule has 0 amide bonds. The monoisotopic (exact) mass is 196 g/mol. The van der Waals surface area contributed by atoms with E-state index in [1.807, 2.05) is 6.92 Å². The Morgan fingerprint density at radius 3 is 2.36 bits per heavy atom. The van der Waals surface area contributed by atoms with Gasteiger partial charge in [0.25, 0.3) is 0 Å². The van der Waals surface area contributed by atoms with Crippen LogP contribution in [0.5, 0.6) is 0 Å². The molecule has 14 heavy (non-hydrogen) atoms. The molecule has 80 valence electrons. The van der Waals surface area contributed by atoms with Gasteiger partial charge in [-0.15, -0.1) is 0 Å². The van der Waals surface area contributed by atoms with Crippen LogP contribution in [-0.2, 0) is 9.53 Å². The van der Waals surface area contributed by atoms with Crippen molar-refractivity contribution < 1.29 is 9.53 Å². The summed E-state index contributed by atoms with van der Waals surface area (Å²) in [5, 5.41) is 0. The molecule has 0 radical (unpaired) electrons. The number of rotatable bonds is 5. The van der Waals surface area contributed by atoms with Gasteiger partial charge in [-0.25, -0.2) is 0 Å². The van der Waals surface area contributed by atoms with Gasteiger partial charge < -0.3 is 4.74 Å². The summed E-state index contributed by atoms with van der Waals surface area (Å²) >= 11 is 0. The van der Waals surface area contributed by atoms with Gasteiger partial charge in [-0.3, -0.25) is 4.79 Å². The van der Waals surface area contributed by atoms with Crippen LogP contribution in [0.25, 0.3) is 0 Å². The van der Waals surface area contributed by atoms with Gasteiger partial charge in [-0.2, -0.15) is 0 Å². The van der Waals surface area contributed by atoms with E-state index in [2.05, 4.69) is 26.0 Å². The third-order valence-electron chi connectivity index (χ3n) is 2.16. The zero-order valence-electron chi connectivity index (χ0n) is 9.59. The van der Waals surface area contributed by atoms with Crippen LogP contribution in [0.1, 0.15) is 40.5 Å². The molecule has 0 saturated heterocycles. The lowest BCUT2D eigenvalue weighted by Crippen LogP contribution is -1.99. The third-order valence-corrected chi connectivity index (χ3v) is 2.16. The van der Waals surface area contributed by atoms with Gasteiger partial charge in [0.15, 0.2) is 0 Å². The van der Waals surface area contributed by atoms with E-state index in [4.69, 9.17) is 4.74 Å². The number of carbonyl (C=O) groups excluding carboxylic acids is 1. The first-order chi connectivity index (χ1) is 6.57. The van der Waals surface area contributed by atoms with E-state index in [0.29, 0.717) is 6.61 Å². The minimum absolute atomic E-state index is 0.199. The molecule has 2 nitrogen and oxygen atoms in total. The number of allylic oxidation sites excluding steroid dienone is 4. The second-order valence-corrected chi connectivity index (χ2v) is 3.34. The predicted molar refractivity (Wildman–Crippen MR) is 59.1 cm³/mol. The fourth-order valence-electron chi connectivity index (χ4n) is 1.01. The highest BCUT2D eigenvalue weighted by molar-refractivity contribution is 5.65. The summed E-state index contributed by atoms with van der Waals surface area (Å²) in [7, 11) is 0. The highest BCUT2D eigenvalue weighted by Gasteiger charge is 1.93. The standard InChI is InChI=1S/C12H20O2/c1-5-10(2)11(3)8-6-7-9-14-12(4)13/h5,8H,6-7,9H2,1-4H3/b10-5+,11-8-. The zero-order chi connectivity index (χ0) is 11.0. The van der Waals surface area contributed by atoms with Gasteiger partial charge >= 0.3 is 5.97 Å². The Hall–Kier alpha value is -1.05. The normalized spacial score (nSPS) is 12.9. The summed E-state index contributed by atoms with van der Waals surface area (Å²) in [5.74, 6) is -0.199. The number of carbonyl (C=O) groups is 1. The summed E-state index contributed by atoms with van der Waals surface area (Å²) in [5.41, 5.74) is 2.60. The minimum atomic E-state index is -0.199. The molecule has 0 heterocycles. The average molecular weight is 196 g/mol. The first-order valence-electron chi connectivity index (χ1n) is 5.01. The van der Waals surface area contributed by atoms with Crippen molar-refractivity contribution >= 4 is 5.97 Å². The predicted octanol–water partition coefficient (Wildman–Crippen LogP) is 3.24. The van der Waals surface area contributed by atoms with Gasteiger partial charge in [-0.05, 0) is 33.6 Å². The fourth-order valence-corrected chi connectivity index (χ4v) is 1.01. The average Bonchev–Trinajstić information content (AvgIpc) is 2.15. The van der Waals surface area contributed by atoms with E-state index in [-0.39, 0.29) is 5.97 Å². The maximum atomic E-state index is 10.4. The van der Waals surface area contributed by atoms with Crippen LogP contribution < -0.4 is 0 Å². The lowest BCUT2D eigenvalue weighted by atomic mass is 10.1. The summed E-state index contributed by atoms with van der Waals surface area (Å²) in [6.45, 7) is 8.18. The first-order valence-corrected chi connectivity index (χ1v) is 5.01. The summed E-state index contributed by atoms with van der Waals surface area (Å²) in [4.78, 5) is 10.4. The van der Waals surface area contributed by atoms with Gasteiger partial charge in [0.05, 0.1) is 6.61 Å². The zero-order valence-corrected chi connectivity index (χ0v) is 9.59. The molecule has 0 unspecified atom stereocenters. The Labute approximate surface area is 86.6 Å². The maximum absolute atomic E-state index is 10.4. The Balaban J connectivity index is 3.67. The second kappa shape index (κ2) is 7.36. The van der Waals surface area contributed by atoms with Crippen LogP contribution in [0.2, 0.25) is 0 Å². The van der Waals surface area contributed by atoms with Crippen molar-refractivity contribution in [1.82, 2.24) is 0 Å². The Bertz CT molecular complexity index is 237. The molecule has 0 saturated carbocycles. The Morgan fingerprint density at radius 2 is 1.86 bits per heavy atom. The van der Waals surface area contributed by atoms with E-state index >= 15 is 0 Å². The number of esters is 1. The summed E-state index contributed by atoms with van der Waals surface area (Å²) < 4.78 is 4.83. The van der Waals surface area contributed by atoms with Crippen molar-refractivity contribution in [2.24, 2.45) is 0 Å². The summed E-state index contributed by atoms with van der Waals surface area (Å²) in [6, 6.07) is 0. The van der Waals surface area contributed by atoms with Crippen molar-refractivity contribution in [2.75, 3.05) is 6.61 Å². The molecule has 0 aliphatic rings. The quantitative estimate of drug-likeness (QED) is 0.383.